The lowest BCUT2D eigenvalue weighted by molar-refractivity contribution is 0.0707. The summed E-state index contributed by atoms with van der Waals surface area (Å²) in [7, 11) is -4.37. The summed E-state index contributed by atoms with van der Waals surface area (Å²) in [5.41, 5.74) is 1.63. The summed E-state index contributed by atoms with van der Waals surface area (Å²) in [4.78, 5) is 8.13. The van der Waals surface area contributed by atoms with Crippen LogP contribution >= 0.6 is 0 Å². The molecule has 3 N–H and O–H groups in total. The Balaban J connectivity index is 1.44. The highest BCUT2D eigenvalue weighted by atomic mass is 32.2. The van der Waals surface area contributed by atoms with Gasteiger partial charge in [0, 0.05) is 23.5 Å². The number of alkyl halides is 1. The number of ether oxygens (including phenoxy) is 1. The third kappa shape index (κ3) is 4.71. The van der Waals surface area contributed by atoms with Crippen LogP contribution in [0.15, 0.2) is 47.4 Å². The van der Waals surface area contributed by atoms with Crippen molar-refractivity contribution in [1.29, 1.82) is 0 Å². The summed E-state index contributed by atoms with van der Waals surface area (Å²) in [5, 5.41) is 10.5. The lowest BCUT2D eigenvalue weighted by atomic mass is 10.1. The van der Waals surface area contributed by atoms with Crippen LogP contribution in [-0.4, -0.2) is 53.9 Å². The van der Waals surface area contributed by atoms with Crippen molar-refractivity contribution in [2.24, 2.45) is 0 Å². The van der Waals surface area contributed by atoms with Gasteiger partial charge < -0.3 is 10.1 Å². The zero-order valence-corrected chi connectivity index (χ0v) is 19.7. The lowest BCUT2D eigenvalue weighted by Gasteiger charge is -2.27. The summed E-state index contributed by atoms with van der Waals surface area (Å²) >= 11 is 0. The van der Waals surface area contributed by atoms with E-state index < -0.39 is 38.8 Å². The van der Waals surface area contributed by atoms with Crippen LogP contribution in [0.3, 0.4) is 0 Å². The molecule has 0 bridgehead atoms. The quantitative estimate of drug-likeness (QED) is 0.357. The van der Waals surface area contributed by atoms with Gasteiger partial charge in [0.05, 0.1) is 0 Å². The number of nitrogens with one attached hydrogen (secondary N) is 3. The summed E-state index contributed by atoms with van der Waals surface area (Å²) in [6.07, 6.45) is -1.40. The normalized spacial score (nSPS) is 18.3. The number of rotatable bonds is 6. The Kier molecular flexibility index (Phi) is 6.26. The van der Waals surface area contributed by atoms with Crippen LogP contribution in [0.2, 0.25) is 0 Å². The minimum absolute atomic E-state index is 0.116. The van der Waals surface area contributed by atoms with Crippen LogP contribution < -0.4 is 14.8 Å². The van der Waals surface area contributed by atoms with Gasteiger partial charge in [-0.1, -0.05) is 0 Å². The van der Waals surface area contributed by atoms with E-state index in [9.17, 15) is 21.6 Å². The number of hydrogen-bond donors (Lipinski definition) is 3. The van der Waals surface area contributed by atoms with E-state index in [0.29, 0.717) is 41.3 Å². The highest BCUT2D eigenvalue weighted by Crippen LogP contribution is 2.30. The molecule has 188 valence electrons. The van der Waals surface area contributed by atoms with Gasteiger partial charge in [-0.2, -0.15) is 10.1 Å². The number of fused-ring (bicyclic) bond motifs is 1. The molecule has 1 fully saturated rings. The summed E-state index contributed by atoms with van der Waals surface area (Å²) in [5.74, 6) is -1.52. The van der Waals surface area contributed by atoms with Gasteiger partial charge in [-0.05, 0) is 62.4 Å². The first-order valence-electron chi connectivity index (χ1n) is 11.0. The zero-order chi connectivity index (χ0) is 25.4. The van der Waals surface area contributed by atoms with E-state index in [0.717, 1.165) is 12.1 Å². The minimum atomic E-state index is -4.37. The van der Waals surface area contributed by atoms with Crippen LogP contribution in [0.4, 0.5) is 18.9 Å². The van der Waals surface area contributed by atoms with Crippen LogP contribution in [0.1, 0.15) is 12.1 Å². The van der Waals surface area contributed by atoms with E-state index in [-0.39, 0.29) is 23.9 Å². The SMILES string of the molecule is Cc1[nH]nc2nc(-c3ccc(NS(=O)(=O)c4cc(F)ccc4F)cc3)nc(OC3CCNCC3F)c12. The molecule has 13 heteroatoms. The molecule has 9 nitrogen and oxygen atoms in total. The summed E-state index contributed by atoms with van der Waals surface area (Å²) in [6, 6.07) is 8.13. The predicted molar refractivity (Wildman–Crippen MR) is 126 cm³/mol. The highest BCUT2D eigenvalue weighted by molar-refractivity contribution is 7.92. The Labute approximate surface area is 204 Å². The number of halogens is 3. The number of nitrogens with zero attached hydrogens (tertiary/aromatic N) is 3. The van der Waals surface area contributed by atoms with Crippen molar-refractivity contribution in [1.82, 2.24) is 25.5 Å². The number of aromatic amines is 1. The fraction of sp³-hybridized carbons (Fsp3) is 0.261. The second-order valence-electron chi connectivity index (χ2n) is 8.32. The van der Waals surface area contributed by atoms with E-state index in [1.54, 1.807) is 19.1 Å². The number of benzene rings is 2. The first kappa shape index (κ1) is 24.0. The third-order valence-electron chi connectivity index (χ3n) is 5.75. The second-order valence-corrected chi connectivity index (χ2v) is 9.97. The Hall–Kier alpha value is -3.71. The average molecular weight is 519 g/mol. The van der Waals surface area contributed by atoms with Crippen LogP contribution in [0.25, 0.3) is 22.4 Å². The van der Waals surface area contributed by atoms with Crippen molar-refractivity contribution in [2.75, 3.05) is 17.8 Å². The molecule has 0 saturated carbocycles. The van der Waals surface area contributed by atoms with Gasteiger partial charge in [0.15, 0.2) is 11.5 Å². The fourth-order valence-electron chi connectivity index (χ4n) is 3.90. The molecular formula is C23H21F3N6O3S. The first-order chi connectivity index (χ1) is 17.2. The van der Waals surface area contributed by atoms with Crippen molar-refractivity contribution < 1.29 is 26.3 Å². The van der Waals surface area contributed by atoms with Crippen LogP contribution in [0.5, 0.6) is 5.88 Å². The van der Waals surface area contributed by atoms with E-state index in [4.69, 9.17) is 4.74 Å². The molecular weight excluding hydrogens is 497 g/mol. The van der Waals surface area contributed by atoms with Crippen LogP contribution in [-0.2, 0) is 10.0 Å². The van der Waals surface area contributed by atoms with Gasteiger partial charge >= 0.3 is 0 Å². The molecule has 2 unspecified atom stereocenters. The Morgan fingerprint density at radius 1 is 1.11 bits per heavy atom. The molecule has 0 spiro atoms. The largest absolute Gasteiger partial charge is 0.471 e. The van der Waals surface area contributed by atoms with E-state index in [1.165, 1.54) is 12.1 Å². The van der Waals surface area contributed by atoms with Crippen molar-refractivity contribution in [3.05, 3.63) is 59.8 Å². The molecule has 2 aromatic heterocycles. The van der Waals surface area contributed by atoms with Gasteiger partial charge in [-0.15, -0.1) is 0 Å². The minimum Gasteiger partial charge on any atom is -0.471 e. The van der Waals surface area contributed by atoms with Gasteiger partial charge in [0.2, 0.25) is 5.88 Å². The number of H-pyrrole nitrogens is 1. The highest BCUT2D eigenvalue weighted by Gasteiger charge is 2.28. The Bertz CT molecular complexity index is 1530. The number of sulfonamides is 1. The maximum Gasteiger partial charge on any atom is 0.264 e. The molecule has 3 heterocycles. The molecule has 1 aliphatic rings. The molecule has 0 amide bonds. The molecule has 1 aliphatic heterocycles. The Morgan fingerprint density at radius 2 is 1.89 bits per heavy atom. The van der Waals surface area contributed by atoms with Crippen LogP contribution in [0, 0.1) is 18.6 Å². The molecule has 2 aromatic carbocycles. The first-order valence-corrected chi connectivity index (χ1v) is 12.5. The van der Waals surface area contributed by atoms with Crippen molar-refractivity contribution in [2.45, 2.75) is 30.5 Å². The monoisotopic (exact) mass is 518 g/mol. The number of aryl methyl sites for hydroxylation is 1. The molecule has 4 aromatic rings. The summed E-state index contributed by atoms with van der Waals surface area (Å²) < 4.78 is 75.0. The van der Waals surface area contributed by atoms with Crippen molar-refractivity contribution >= 4 is 26.7 Å². The molecule has 2 atom stereocenters. The molecule has 5 rings (SSSR count). The van der Waals surface area contributed by atoms with Gasteiger partial charge in [0.25, 0.3) is 10.0 Å². The molecule has 1 saturated heterocycles. The third-order valence-corrected chi connectivity index (χ3v) is 7.15. The molecule has 0 radical (unpaired) electrons. The maximum absolute atomic E-state index is 14.4. The second kappa shape index (κ2) is 9.39. The van der Waals surface area contributed by atoms with E-state index >= 15 is 0 Å². The standard InChI is InChI=1S/C23H21F3N6O3S/c1-12-20-22(31-30-12)28-21(29-23(20)35-18-8-9-27-11-17(18)26)13-2-5-15(6-3-13)32-36(33,34)19-10-14(24)4-7-16(19)25/h2-7,10,17-18,27,32H,8-9,11H2,1H3,(H,28,29,30,31). The number of hydrogen-bond acceptors (Lipinski definition) is 7. The molecule has 36 heavy (non-hydrogen) atoms. The van der Waals surface area contributed by atoms with Crippen molar-refractivity contribution in [3.8, 4) is 17.3 Å². The van der Waals surface area contributed by atoms with Gasteiger partial charge in [-0.25, -0.2) is 26.6 Å². The van der Waals surface area contributed by atoms with E-state index in [2.05, 4.69) is 30.2 Å². The fourth-order valence-corrected chi connectivity index (χ4v) is 5.05. The van der Waals surface area contributed by atoms with Crippen molar-refractivity contribution in [3.63, 3.8) is 0 Å². The Morgan fingerprint density at radius 3 is 2.64 bits per heavy atom. The number of anilines is 1. The molecule has 0 aliphatic carbocycles. The smallest absolute Gasteiger partial charge is 0.264 e. The topological polar surface area (TPSA) is 122 Å². The number of piperidine rings is 1. The van der Waals surface area contributed by atoms with Gasteiger partial charge in [0.1, 0.15) is 34.2 Å². The lowest BCUT2D eigenvalue weighted by Crippen LogP contribution is -2.44. The number of aromatic nitrogens is 4. The van der Waals surface area contributed by atoms with Gasteiger partial charge in [-0.3, -0.25) is 9.82 Å². The van der Waals surface area contributed by atoms with E-state index in [1.807, 2.05) is 0 Å². The maximum atomic E-state index is 14.4. The average Bonchev–Trinajstić information content (AvgIpc) is 3.23. The predicted octanol–water partition coefficient (Wildman–Crippen LogP) is 3.49. The zero-order valence-electron chi connectivity index (χ0n) is 18.9. The summed E-state index contributed by atoms with van der Waals surface area (Å²) in [6.45, 7) is 2.59.